The van der Waals surface area contributed by atoms with E-state index in [0.717, 1.165) is 17.0 Å². The number of hydrogen-bond donors (Lipinski definition) is 2. The molecule has 11 heteroatoms. The highest BCUT2D eigenvalue weighted by Gasteiger charge is 2.39. The highest BCUT2D eigenvalue weighted by atomic mass is 19.4. The van der Waals surface area contributed by atoms with Gasteiger partial charge >= 0.3 is 6.18 Å². The number of hydroxylamine groups is 1. The van der Waals surface area contributed by atoms with Gasteiger partial charge in [-0.15, -0.1) is 0 Å². The molecule has 2 aliphatic rings. The maximum Gasteiger partial charge on any atom is 0.416 e. The van der Waals surface area contributed by atoms with Gasteiger partial charge in [0.05, 0.1) is 18.2 Å². The first-order valence-corrected chi connectivity index (χ1v) is 10.9. The average molecular weight is 500 g/mol. The molecule has 1 fully saturated rings. The van der Waals surface area contributed by atoms with Crippen molar-refractivity contribution in [1.29, 1.82) is 0 Å². The Morgan fingerprint density at radius 3 is 2.61 bits per heavy atom. The van der Waals surface area contributed by atoms with E-state index in [2.05, 4.69) is 10.5 Å². The van der Waals surface area contributed by atoms with Gasteiger partial charge in [-0.3, -0.25) is 14.5 Å². The number of allylic oxidation sites excluding steroid dienone is 2. The summed E-state index contributed by atoms with van der Waals surface area (Å²) in [6, 6.07) is 10.9. The van der Waals surface area contributed by atoms with Gasteiger partial charge in [-0.2, -0.15) is 13.2 Å². The monoisotopic (exact) mass is 500 g/mol. The van der Waals surface area contributed by atoms with Gasteiger partial charge in [0.25, 0.3) is 0 Å². The number of nitrogens with zero attached hydrogens (tertiary/aromatic N) is 3. The molecule has 0 saturated carbocycles. The van der Waals surface area contributed by atoms with Crippen LogP contribution in [0.4, 0.5) is 24.5 Å². The Morgan fingerprint density at radius 2 is 1.94 bits per heavy atom. The Morgan fingerprint density at radius 1 is 1.19 bits per heavy atom. The standard InChI is InChI=1S/C25H23F3N4O4/c1-3-5-21(20-12-13-29-23(20)30-35-2)36-19-10-8-17(9-11-19)32-22(33)15-31(24(32)34)18-7-4-6-16(14-18)25(26,27)28/h3-14,24,34H,15H2,1-2H3,(H,29,30)/b5-3-,21-20+. The molecule has 0 aliphatic carbocycles. The minimum Gasteiger partial charge on any atom is -0.457 e. The minimum absolute atomic E-state index is 0.0857. The predicted molar refractivity (Wildman–Crippen MR) is 128 cm³/mol. The number of benzene rings is 2. The Bertz CT molecular complexity index is 1250. The summed E-state index contributed by atoms with van der Waals surface area (Å²) in [7, 11) is 1.47. The lowest BCUT2D eigenvalue weighted by Gasteiger charge is -2.27. The van der Waals surface area contributed by atoms with Crippen molar-refractivity contribution in [3.8, 4) is 5.75 Å². The normalized spacial score (nSPS) is 19.3. The van der Waals surface area contributed by atoms with E-state index in [9.17, 15) is 23.1 Å². The van der Waals surface area contributed by atoms with Gasteiger partial charge in [-0.05, 0) is 61.5 Å². The SMILES string of the molecule is C/C=C\C(Oc1ccc(N2C(=O)CN(c3cccc(C(F)(F)F)c3)C2O)cc1)=C1\C=CN=C1NOC. The number of ether oxygens (including phenoxy) is 1. The van der Waals surface area contributed by atoms with E-state index in [1.807, 2.05) is 6.92 Å². The van der Waals surface area contributed by atoms with Crippen LogP contribution >= 0.6 is 0 Å². The molecule has 1 amide bonds. The van der Waals surface area contributed by atoms with Gasteiger partial charge in [0.1, 0.15) is 18.1 Å². The molecule has 8 nitrogen and oxygen atoms in total. The van der Waals surface area contributed by atoms with Crippen LogP contribution in [0.1, 0.15) is 12.5 Å². The molecule has 2 aliphatic heterocycles. The summed E-state index contributed by atoms with van der Waals surface area (Å²) in [5.41, 5.74) is 2.93. The minimum atomic E-state index is -4.54. The molecule has 0 radical (unpaired) electrons. The zero-order chi connectivity index (χ0) is 25.9. The van der Waals surface area contributed by atoms with Crippen molar-refractivity contribution in [2.75, 3.05) is 23.5 Å². The van der Waals surface area contributed by atoms with Gasteiger partial charge in [-0.25, -0.2) is 10.5 Å². The number of aliphatic hydroxyl groups is 1. The molecule has 2 heterocycles. The van der Waals surface area contributed by atoms with Crippen LogP contribution in [0.2, 0.25) is 0 Å². The van der Waals surface area contributed by atoms with Crippen LogP contribution < -0.4 is 20.0 Å². The number of aliphatic hydroxyl groups excluding tert-OH is 1. The molecule has 36 heavy (non-hydrogen) atoms. The van der Waals surface area contributed by atoms with Gasteiger partial charge in [0.15, 0.2) is 5.84 Å². The number of amidine groups is 1. The second-order valence-corrected chi connectivity index (χ2v) is 7.76. The number of alkyl halides is 3. The Kier molecular flexibility index (Phi) is 7.13. The Labute approximate surface area is 205 Å². The van der Waals surface area contributed by atoms with Crippen molar-refractivity contribution in [3.63, 3.8) is 0 Å². The fourth-order valence-electron chi connectivity index (χ4n) is 3.78. The van der Waals surface area contributed by atoms with Crippen molar-refractivity contribution < 1.29 is 32.6 Å². The van der Waals surface area contributed by atoms with Gasteiger partial charge < -0.3 is 14.7 Å². The van der Waals surface area contributed by atoms with E-state index in [-0.39, 0.29) is 12.2 Å². The second kappa shape index (κ2) is 10.3. The lowest BCUT2D eigenvalue weighted by atomic mass is 10.2. The zero-order valence-corrected chi connectivity index (χ0v) is 19.4. The third-order valence-corrected chi connectivity index (χ3v) is 5.41. The molecule has 1 atom stereocenters. The van der Waals surface area contributed by atoms with E-state index in [0.29, 0.717) is 28.6 Å². The first-order valence-electron chi connectivity index (χ1n) is 10.9. The first-order chi connectivity index (χ1) is 17.2. The summed E-state index contributed by atoms with van der Waals surface area (Å²) in [6.45, 7) is 1.56. The van der Waals surface area contributed by atoms with Crippen molar-refractivity contribution >= 4 is 23.1 Å². The van der Waals surface area contributed by atoms with Gasteiger partial charge in [0.2, 0.25) is 12.3 Å². The quantitative estimate of drug-likeness (QED) is 0.459. The Hall–Kier alpha value is -4.09. The van der Waals surface area contributed by atoms with Crippen LogP contribution in [-0.2, 0) is 15.8 Å². The second-order valence-electron chi connectivity index (χ2n) is 7.76. The van der Waals surface area contributed by atoms with Crippen LogP contribution in [0.3, 0.4) is 0 Å². The molecule has 0 spiro atoms. The lowest BCUT2D eigenvalue weighted by molar-refractivity contribution is -0.137. The molecule has 0 bridgehead atoms. The number of anilines is 2. The van der Waals surface area contributed by atoms with E-state index >= 15 is 0 Å². The third kappa shape index (κ3) is 5.11. The average Bonchev–Trinajstić information content (AvgIpc) is 3.43. The molecule has 2 N–H and O–H groups in total. The molecule has 1 saturated heterocycles. The molecule has 1 unspecified atom stereocenters. The largest absolute Gasteiger partial charge is 0.457 e. The summed E-state index contributed by atoms with van der Waals surface area (Å²) >= 11 is 0. The lowest BCUT2D eigenvalue weighted by Crippen LogP contribution is -2.39. The number of carbonyl (C=O) groups excluding carboxylic acids is 1. The number of rotatable bonds is 6. The van der Waals surface area contributed by atoms with E-state index in [1.54, 1.807) is 48.7 Å². The number of halogens is 3. The molecule has 4 rings (SSSR count). The van der Waals surface area contributed by atoms with Crippen molar-refractivity contribution in [3.05, 3.63) is 89.9 Å². The third-order valence-electron chi connectivity index (χ3n) is 5.41. The van der Waals surface area contributed by atoms with Crippen molar-refractivity contribution in [2.24, 2.45) is 4.99 Å². The van der Waals surface area contributed by atoms with Crippen LogP contribution in [0.15, 0.2) is 89.3 Å². The topological polar surface area (TPSA) is 86.6 Å². The maximum absolute atomic E-state index is 13.1. The zero-order valence-electron chi connectivity index (χ0n) is 19.4. The summed E-state index contributed by atoms with van der Waals surface area (Å²) in [4.78, 5) is 24.1. The van der Waals surface area contributed by atoms with Crippen LogP contribution in [0, 0.1) is 0 Å². The van der Waals surface area contributed by atoms with E-state index in [1.165, 1.54) is 24.1 Å². The first kappa shape index (κ1) is 25.0. The molecule has 2 aromatic rings. The van der Waals surface area contributed by atoms with Crippen molar-refractivity contribution in [1.82, 2.24) is 5.48 Å². The number of hydrogen-bond acceptors (Lipinski definition) is 7. The van der Waals surface area contributed by atoms with Gasteiger partial charge in [0, 0.05) is 17.6 Å². The molecular formula is C25H23F3N4O4. The van der Waals surface area contributed by atoms with Crippen LogP contribution in [0.25, 0.3) is 0 Å². The predicted octanol–water partition coefficient (Wildman–Crippen LogP) is 4.12. The molecular weight excluding hydrogens is 477 g/mol. The summed E-state index contributed by atoms with van der Waals surface area (Å²) < 4.78 is 45.3. The number of aliphatic imine (C=N–C) groups is 1. The van der Waals surface area contributed by atoms with Crippen LogP contribution in [-0.4, -0.2) is 36.9 Å². The molecule has 2 aromatic carbocycles. The molecule has 188 valence electrons. The maximum atomic E-state index is 13.1. The fourth-order valence-corrected chi connectivity index (χ4v) is 3.78. The molecule has 0 aromatic heterocycles. The highest BCUT2D eigenvalue weighted by molar-refractivity contribution is 6.03. The summed E-state index contributed by atoms with van der Waals surface area (Å²) in [6.07, 6.45) is 0.898. The number of carbonyl (C=O) groups is 1. The Balaban J connectivity index is 1.54. The van der Waals surface area contributed by atoms with E-state index < -0.39 is 24.0 Å². The smallest absolute Gasteiger partial charge is 0.416 e. The highest BCUT2D eigenvalue weighted by Crippen LogP contribution is 2.34. The van der Waals surface area contributed by atoms with Crippen molar-refractivity contribution in [2.45, 2.75) is 19.5 Å². The summed E-state index contributed by atoms with van der Waals surface area (Å²) in [5.74, 6) is 0.957. The van der Waals surface area contributed by atoms with Crippen LogP contribution in [0.5, 0.6) is 5.75 Å². The fraction of sp³-hybridized carbons (Fsp3) is 0.200. The number of nitrogens with one attached hydrogen (secondary N) is 1. The van der Waals surface area contributed by atoms with Gasteiger partial charge in [-0.1, -0.05) is 12.1 Å². The number of amides is 1. The summed E-state index contributed by atoms with van der Waals surface area (Å²) in [5, 5.41) is 10.8. The van der Waals surface area contributed by atoms with E-state index in [4.69, 9.17) is 9.57 Å².